The largest absolute Gasteiger partial charge is 0.490 e. The molecular weight excluding hydrogens is 480 g/mol. The van der Waals surface area contributed by atoms with Crippen LogP contribution in [-0.2, 0) is 14.3 Å². The van der Waals surface area contributed by atoms with Gasteiger partial charge >= 0.3 is 0 Å². The Balaban J connectivity index is 2.44. The van der Waals surface area contributed by atoms with E-state index in [-0.39, 0.29) is 50.7 Å². The molecule has 0 heterocycles. The van der Waals surface area contributed by atoms with E-state index in [1.54, 1.807) is 31.2 Å². The van der Waals surface area contributed by atoms with Gasteiger partial charge in [-0.1, -0.05) is 45.6 Å². The van der Waals surface area contributed by atoms with E-state index in [0.29, 0.717) is 30.4 Å². The van der Waals surface area contributed by atoms with E-state index >= 15 is 0 Å². The number of carbonyl (C=O) groups excluding carboxylic acids is 2. The summed E-state index contributed by atoms with van der Waals surface area (Å²) in [7, 11) is 0. The Kier molecular flexibility index (Phi) is 15.3. The minimum Gasteiger partial charge on any atom is -0.490 e. The van der Waals surface area contributed by atoms with E-state index in [2.05, 4.69) is 27.8 Å². The molecule has 0 saturated carbocycles. The van der Waals surface area contributed by atoms with Crippen LogP contribution in [0, 0.1) is 28.4 Å². The third-order valence-corrected chi connectivity index (χ3v) is 5.21. The normalized spacial score (nSPS) is 12.3. The smallest absolute Gasteiger partial charge is 0.251 e. The number of nitrogens with one attached hydrogen (secondary N) is 3. The predicted octanol–water partition coefficient (Wildman–Crippen LogP) is 2.53. The van der Waals surface area contributed by atoms with Crippen molar-refractivity contribution in [2.75, 3.05) is 46.1 Å². The lowest BCUT2D eigenvalue weighted by Crippen LogP contribution is -2.35. The molecule has 0 spiro atoms. The topological polar surface area (TPSA) is 122 Å². The van der Waals surface area contributed by atoms with E-state index in [1.807, 2.05) is 33.1 Å². The van der Waals surface area contributed by atoms with Gasteiger partial charge in [-0.2, -0.15) is 5.26 Å². The second kappa shape index (κ2) is 17.6. The van der Waals surface area contributed by atoms with Gasteiger partial charge in [0.2, 0.25) is 5.91 Å². The van der Waals surface area contributed by atoms with Gasteiger partial charge in [-0.15, -0.1) is 0 Å². The zero-order valence-corrected chi connectivity index (χ0v) is 22.6. The third-order valence-electron chi connectivity index (χ3n) is 4.45. The molecule has 36 heavy (non-hydrogen) atoms. The van der Waals surface area contributed by atoms with Crippen molar-refractivity contribution in [3.8, 4) is 23.0 Å². The van der Waals surface area contributed by atoms with E-state index in [0.717, 1.165) is 11.8 Å². The molecule has 0 bridgehead atoms. The molecule has 1 aromatic rings. The number of benzene rings is 1. The van der Waals surface area contributed by atoms with Crippen LogP contribution < -0.4 is 20.7 Å². The van der Waals surface area contributed by atoms with Gasteiger partial charge < -0.3 is 30.2 Å². The second-order valence-corrected chi connectivity index (χ2v) is 9.91. The van der Waals surface area contributed by atoms with Gasteiger partial charge in [0.25, 0.3) is 5.91 Å². The van der Waals surface area contributed by atoms with Crippen LogP contribution in [0.25, 0.3) is 0 Å². The lowest BCUT2D eigenvalue weighted by atomic mass is 10.2. The lowest BCUT2D eigenvalue weighted by molar-refractivity contribution is -0.126. The Bertz CT molecular complexity index is 923. The van der Waals surface area contributed by atoms with Crippen molar-refractivity contribution >= 4 is 23.6 Å². The maximum absolute atomic E-state index is 12.4. The molecule has 0 aliphatic heterocycles. The number of nitrogens with zero attached hydrogens (tertiary/aromatic N) is 1. The van der Waals surface area contributed by atoms with Crippen molar-refractivity contribution in [2.45, 2.75) is 45.6 Å². The minimum atomic E-state index is -0.965. The van der Waals surface area contributed by atoms with Gasteiger partial charge in [0.1, 0.15) is 24.4 Å². The summed E-state index contributed by atoms with van der Waals surface area (Å²) in [6.07, 6.45) is 0. The molecule has 0 aliphatic carbocycles. The lowest BCUT2D eigenvalue weighted by Gasteiger charge is -2.26. The molecule has 0 aliphatic rings. The van der Waals surface area contributed by atoms with Crippen LogP contribution >= 0.6 is 11.8 Å². The van der Waals surface area contributed by atoms with Crippen molar-refractivity contribution < 1.29 is 23.8 Å². The molecule has 10 heteroatoms. The Hall–Kier alpha value is -2.76. The highest BCUT2D eigenvalue weighted by Crippen LogP contribution is 2.27. The monoisotopic (exact) mass is 518 g/mol. The fourth-order valence-corrected chi connectivity index (χ4v) is 3.16. The molecule has 1 unspecified atom stereocenters. The number of carbonyl (C=O) groups is 2. The fourth-order valence-electron chi connectivity index (χ4n) is 2.71. The number of thioether (sulfide) groups is 1. The Morgan fingerprint density at radius 1 is 1.14 bits per heavy atom. The van der Waals surface area contributed by atoms with Crippen molar-refractivity contribution in [3.63, 3.8) is 0 Å². The van der Waals surface area contributed by atoms with Crippen LogP contribution in [0.4, 0.5) is 0 Å². The predicted molar refractivity (Wildman–Crippen MR) is 141 cm³/mol. The van der Waals surface area contributed by atoms with Crippen molar-refractivity contribution in [1.29, 1.82) is 5.26 Å². The molecule has 0 fully saturated rings. The summed E-state index contributed by atoms with van der Waals surface area (Å²) in [4.78, 5) is 23.2. The van der Waals surface area contributed by atoms with E-state index in [1.165, 1.54) is 0 Å². The molecular formula is C26H38N4O5S. The first-order valence-corrected chi connectivity index (χ1v) is 12.7. The molecule has 0 aromatic heterocycles. The van der Waals surface area contributed by atoms with Gasteiger partial charge in [0, 0.05) is 30.6 Å². The van der Waals surface area contributed by atoms with Gasteiger partial charge in [-0.25, -0.2) is 0 Å². The molecule has 198 valence electrons. The van der Waals surface area contributed by atoms with Crippen LogP contribution in [-0.4, -0.2) is 68.9 Å². The minimum absolute atomic E-state index is 0.0730. The Labute approximate surface area is 219 Å². The number of thiocyanates is 1. The Morgan fingerprint density at radius 3 is 2.61 bits per heavy atom. The van der Waals surface area contributed by atoms with E-state index < -0.39 is 4.93 Å². The maximum atomic E-state index is 12.4. The maximum Gasteiger partial charge on any atom is 0.251 e. The van der Waals surface area contributed by atoms with Crippen molar-refractivity contribution in [2.24, 2.45) is 5.92 Å². The first-order valence-electron chi connectivity index (χ1n) is 11.9. The van der Waals surface area contributed by atoms with Crippen LogP contribution in [0.15, 0.2) is 24.3 Å². The molecule has 9 nitrogen and oxygen atoms in total. The molecule has 2 amide bonds. The number of amides is 2. The standard InChI is InChI=1S/C26H38N4O5S/c1-20(2)8-7-11-29-24(31)17-33-14-15-35-26(5,36-19-27)18-34-23-10-6-9-22(16-23)25(32)30-13-12-28-21(3)4/h6,9-10,16,20-21,28H,11-15,17-18H2,1-5H3,(H,29,31)(H,30,32). The average Bonchev–Trinajstić information content (AvgIpc) is 2.83. The summed E-state index contributed by atoms with van der Waals surface area (Å²) in [5.74, 6) is 6.13. The quantitative estimate of drug-likeness (QED) is 0.132. The molecule has 1 aromatic carbocycles. The molecule has 0 radical (unpaired) electrons. The molecule has 0 saturated heterocycles. The first kappa shape index (κ1) is 31.3. The number of ether oxygens (including phenoxy) is 3. The average molecular weight is 519 g/mol. The van der Waals surface area contributed by atoms with Gasteiger partial charge in [-0.05, 0) is 36.9 Å². The highest BCUT2D eigenvalue weighted by Gasteiger charge is 2.28. The SMILES string of the molecule is CC(C)C#CCNC(=O)COCCOC(C)(COc1cccc(C(=O)NCCNC(C)C)c1)SC#N. The summed E-state index contributed by atoms with van der Waals surface area (Å²) in [6, 6.07) is 7.19. The number of hydrogen-bond donors (Lipinski definition) is 3. The highest BCUT2D eigenvalue weighted by atomic mass is 32.2. The third kappa shape index (κ3) is 14.6. The highest BCUT2D eigenvalue weighted by molar-refractivity contribution is 8.04. The van der Waals surface area contributed by atoms with Crippen LogP contribution in [0.1, 0.15) is 45.0 Å². The van der Waals surface area contributed by atoms with Crippen LogP contribution in [0.2, 0.25) is 0 Å². The summed E-state index contributed by atoms with van der Waals surface area (Å²) in [6.45, 7) is 11.6. The van der Waals surface area contributed by atoms with Gasteiger partial charge in [-0.3, -0.25) is 9.59 Å². The van der Waals surface area contributed by atoms with Crippen LogP contribution in [0.5, 0.6) is 5.75 Å². The molecule has 1 rings (SSSR count). The Morgan fingerprint density at radius 2 is 1.92 bits per heavy atom. The summed E-state index contributed by atoms with van der Waals surface area (Å²) < 4.78 is 17.0. The van der Waals surface area contributed by atoms with Crippen molar-refractivity contribution in [3.05, 3.63) is 29.8 Å². The fraction of sp³-hybridized carbons (Fsp3) is 0.577. The summed E-state index contributed by atoms with van der Waals surface area (Å²) in [5, 5.41) is 20.0. The van der Waals surface area contributed by atoms with E-state index in [9.17, 15) is 14.9 Å². The van der Waals surface area contributed by atoms with Gasteiger partial charge in [0.15, 0.2) is 4.93 Å². The number of rotatable bonds is 16. The summed E-state index contributed by atoms with van der Waals surface area (Å²) >= 11 is 0.927. The summed E-state index contributed by atoms with van der Waals surface area (Å²) in [5.41, 5.74) is 0.481. The first-order chi connectivity index (χ1) is 17.1. The van der Waals surface area contributed by atoms with Crippen molar-refractivity contribution in [1.82, 2.24) is 16.0 Å². The second-order valence-electron chi connectivity index (χ2n) is 8.66. The number of nitriles is 1. The van der Waals surface area contributed by atoms with E-state index in [4.69, 9.17) is 14.2 Å². The molecule has 3 N–H and O–H groups in total. The zero-order valence-electron chi connectivity index (χ0n) is 21.8. The zero-order chi connectivity index (χ0) is 26.8. The number of hydrogen-bond acceptors (Lipinski definition) is 8. The van der Waals surface area contributed by atoms with Gasteiger partial charge in [0.05, 0.1) is 19.8 Å². The molecule has 1 atom stereocenters. The van der Waals surface area contributed by atoms with Crippen LogP contribution in [0.3, 0.4) is 0 Å².